The number of ether oxygens (including phenoxy) is 2. The van der Waals surface area contributed by atoms with Gasteiger partial charge < -0.3 is 20.2 Å². The lowest BCUT2D eigenvalue weighted by atomic mass is 10.1. The molecular formula is C16H19N5O2. The molecule has 0 atom stereocenters. The SMILES string of the molecule is COCCOc1nc(N)c2[nH]cc(Cc3ccc(C)nc3)c2n1. The van der Waals surface area contributed by atoms with Gasteiger partial charge in [0.25, 0.3) is 0 Å². The molecule has 0 amide bonds. The minimum atomic E-state index is 0.259. The lowest BCUT2D eigenvalue weighted by Crippen LogP contribution is -2.08. The number of pyridine rings is 1. The third-order valence-corrected chi connectivity index (χ3v) is 3.50. The number of hydrogen-bond donors (Lipinski definition) is 2. The van der Waals surface area contributed by atoms with E-state index in [1.54, 1.807) is 7.11 Å². The van der Waals surface area contributed by atoms with Gasteiger partial charge >= 0.3 is 6.01 Å². The van der Waals surface area contributed by atoms with Crippen LogP contribution in [0.1, 0.15) is 16.8 Å². The summed E-state index contributed by atoms with van der Waals surface area (Å²) in [5, 5.41) is 0. The monoisotopic (exact) mass is 313 g/mol. The van der Waals surface area contributed by atoms with Gasteiger partial charge in [-0.25, -0.2) is 0 Å². The van der Waals surface area contributed by atoms with E-state index in [1.165, 1.54) is 0 Å². The van der Waals surface area contributed by atoms with E-state index in [2.05, 4.69) is 26.0 Å². The summed E-state index contributed by atoms with van der Waals surface area (Å²) in [6.07, 6.45) is 4.48. The molecule has 0 aliphatic heterocycles. The van der Waals surface area contributed by atoms with Crippen LogP contribution in [0.3, 0.4) is 0 Å². The average molecular weight is 313 g/mol. The number of hydrogen-bond acceptors (Lipinski definition) is 6. The third-order valence-electron chi connectivity index (χ3n) is 3.50. The number of methoxy groups -OCH3 is 1. The summed E-state index contributed by atoms with van der Waals surface area (Å²) < 4.78 is 10.4. The van der Waals surface area contributed by atoms with Crippen molar-refractivity contribution in [3.63, 3.8) is 0 Å². The van der Waals surface area contributed by atoms with E-state index in [1.807, 2.05) is 25.4 Å². The quantitative estimate of drug-likeness (QED) is 0.674. The van der Waals surface area contributed by atoms with Crippen molar-refractivity contribution in [3.05, 3.63) is 41.3 Å². The van der Waals surface area contributed by atoms with Gasteiger partial charge in [0.1, 0.15) is 17.6 Å². The molecule has 0 spiro atoms. The molecular weight excluding hydrogens is 294 g/mol. The van der Waals surface area contributed by atoms with Crippen LogP contribution in [0.15, 0.2) is 24.5 Å². The van der Waals surface area contributed by atoms with Crippen LogP contribution in [0.5, 0.6) is 6.01 Å². The first-order valence-corrected chi connectivity index (χ1v) is 7.34. The second-order valence-electron chi connectivity index (χ2n) is 5.25. The predicted molar refractivity (Wildman–Crippen MR) is 87.5 cm³/mol. The molecule has 120 valence electrons. The Hall–Kier alpha value is -2.67. The number of H-pyrrole nitrogens is 1. The van der Waals surface area contributed by atoms with Gasteiger partial charge in [0.05, 0.1) is 6.61 Å². The summed E-state index contributed by atoms with van der Waals surface area (Å²) in [6.45, 7) is 2.81. The Morgan fingerprint density at radius 2 is 2.09 bits per heavy atom. The van der Waals surface area contributed by atoms with Crippen molar-refractivity contribution in [1.29, 1.82) is 0 Å². The molecule has 3 aromatic rings. The van der Waals surface area contributed by atoms with Crippen molar-refractivity contribution in [2.24, 2.45) is 0 Å². The summed E-state index contributed by atoms with van der Waals surface area (Å²) in [5.41, 5.74) is 10.6. The first-order chi connectivity index (χ1) is 11.2. The van der Waals surface area contributed by atoms with E-state index >= 15 is 0 Å². The summed E-state index contributed by atoms with van der Waals surface area (Å²) in [5.74, 6) is 0.371. The van der Waals surface area contributed by atoms with Crippen molar-refractivity contribution in [1.82, 2.24) is 19.9 Å². The Bertz CT molecular complexity index is 798. The molecule has 3 N–H and O–H groups in total. The molecule has 3 rings (SSSR count). The maximum absolute atomic E-state index is 5.98. The van der Waals surface area contributed by atoms with Crippen LogP contribution in [0.2, 0.25) is 0 Å². The van der Waals surface area contributed by atoms with Gasteiger partial charge in [0.15, 0.2) is 5.82 Å². The first kappa shape index (κ1) is 15.2. The fourth-order valence-electron chi connectivity index (χ4n) is 2.30. The summed E-state index contributed by atoms with van der Waals surface area (Å²) in [6, 6.07) is 4.31. The van der Waals surface area contributed by atoms with Gasteiger partial charge in [-0.3, -0.25) is 4.98 Å². The van der Waals surface area contributed by atoms with E-state index in [0.29, 0.717) is 25.5 Å². The number of aryl methyl sites for hydroxylation is 1. The second kappa shape index (κ2) is 6.62. The number of nitrogens with zero attached hydrogens (tertiary/aromatic N) is 3. The maximum atomic E-state index is 5.98. The molecule has 0 radical (unpaired) electrons. The van der Waals surface area contributed by atoms with Crippen molar-refractivity contribution in [2.45, 2.75) is 13.3 Å². The van der Waals surface area contributed by atoms with Gasteiger partial charge in [0.2, 0.25) is 0 Å². The Morgan fingerprint density at radius 1 is 1.22 bits per heavy atom. The van der Waals surface area contributed by atoms with Crippen molar-refractivity contribution < 1.29 is 9.47 Å². The Balaban J connectivity index is 1.89. The van der Waals surface area contributed by atoms with Crippen LogP contribution in [0.4, 0.5) is 5.82 Å². The highest BCUT2D eigenvalue weighted by molar-refractivity contribution is 5.87. The lowest BCUT2D eigenvalue weighted by molar-refractivity contribution is 0.141. The number of nitrogens with two attached hydrogens (primary N) is 1. The minimum absolute atomic E-state index is 0.259. The summed E-state index contributed by atoms with van der Waals surface area (Å²) in [7, 11) is 1.61. The maximum Gasteiger partial charge on any atom is 0.319 e. The van der Waals surface area contributed by atoms with Crippen LogP contribution >= 0.6 is 0 Å². The van der Waals surface area contributed by atoms with E-state index in [0.717, 1.165) is 27.9 Å². The van der Waals surface area contributed by atoms with Crippen molar-refractivity contribution >= 4 is 16.9 Å². The van der Waals surface area contributed by atoms with Gasteiger partial charge in [-0.15, -0.1) is 0 Å². The minimum Gasteiger partial charge on any atom is -0.461 e. The average Bonchev–Trinajstić information content (AvgIpc) is 2.93. The molecule has 3 heterocycles. The number of aromatic amines is 1. The fourth-order valence-corrected chi connectivity index (χ4v) is 2.30. The molecule has 23 heavy (non-hydrogen) atoms. The number of nitrogen functional groups attached to an aromatic ring is 1. The highest BCUT2D eigenvalue weighted by atomic mass is 16.5. The van der Waals surface area contributed by atoms with Gasteiger partial charge in [0, 0.05) is 37.2 Å². The van der Waals surface area contributed by atoms with E-state index in [-0.39, 0.29) is 6.01 Å². The lowest BCUT2D eigenvalue weighted by Gasteiger charge is -2.06. The second-order valence-corrected chi connectivity index (χ2v) is 5.25. The van der Waals surface area contributed by atoms with E-state index in [9.17, 15) is 0 Å². The van der Waals surface area contributed by atoms with Gasteiger partial charge in [-0.2, -0.15) is 9.97 Å². The van der Waals surface area contributed by atoms with Crippen LogP contribution in [-0.2, 0) is 11.2 Å². The van der Waals surface area contributed by atoms with Crippen molar-refractivity contribution in [2.75, 3.05) is 26.1 Å². The standard InChI is InChI=1S/C16H19N5O2/c1-10-3-4-11(8-18-10)7-12-9-19-14-13(12)20-16(21-15(14)17)23-6-5-22-2/h3-4,8-9,19H,5-7H2,1-2H3,(H2,17,20,21). The molecule has 0 aromatic carbocycles. The molecule has 0 saturated carbocycles. The molecule has 7 nitrogen and oxygen atoms in total. The van der Waals surface area contributed by atoms with Crippen LogP contribution in [0, 0.1) is 6.92 Å². The number of nitrogens with one attached hydrogen (secondary N) is 1. The van der Waals surface area contributed by atoms with E-state index < -0.39 is 0 Å². The zero-order chi connectivity index (χ0) is 16.2. The van der Waals surface area contributed by atoms with Crippen LogP contribution in [0.25, 0.3) is 11.0 Å². The zero-order valence-corrected chi connectivity index (χ0v) is 13.2. The normalized spacial score (nSPS) is 11.0. The van der Waals surface area contributed by atoms with Crippen molar-refractivity contribution in [3.8, 4) is 6.01 Å². The Labute approximate surface area is 133 Å². The highest BCUT2D eigenvalue weighted by Gasteiger charge is 2.12. The molecule has 0 aliphatic carbocycles. The molecule has 0 unspecified atom stereocenters. The highest BCUT2D eigenvalue weighted by Crippen LogP contribution is 2.24. The smallest absolute Gasteiger partial charge is 0.319 e. The zero-order valence-electron chi connectivity index (χ0n) is 13.2. The van der Waals surface area contributed by atoms with Gasteiger partial charge in [-0.1, -0.05) is 6.07 Å². The predicted octanol–water partition coefficient (Wildman–Crippen LogP) is 1.86. The fraction of sp³-hybridized carbons (Fsp3) is 0.312. The number of rotatable bonds is 6. The van der Waals surface area contributed by atoms with E-state index in [4.69, 9.17) is 15.2 Å². The Morgan fingerprint density at radius 3 is 2.83 bits per heavy atom. The molecule has 7 heteroatoms. The topological polar surface area (TPSA) is 98.9 Å². The van der Waals surface area contributed by atoms with Crippen LogP contribution in [-0.4, -0.2) is 40.3 Å². The molecule has 3 aromatic heterocycles. The first-order valence-electron chi connectivity index (χ1n) is 7.34. The summed E-state index contributed by atoms with van der Waals surface area (Å²) in [4.78, 5) is 16.1. The third kappa shape index (κ3) is 3.40. The Kier molecular flexibility index (Phi) is 4.38. The number of fused-ring (bicyclic) bond motifs is 1. The molecule has 0 bridgehead atoms. The summed E-state index contributed by atoms with van der Waals surface area (Å²) >= 11 is 0. The number of anilines is 1. The van der Waals surface area contributed by atoms with Crippen LogP contribution < -0.4 is 10.5 Å². The van der Waals surface area contributed by atoms with Gasteiger partial charge in [-0.05, 0) is 18.6 Å². The molecule has 0 saturated heterocycles. The number of aromatic nitrogens is 4. The molecule has 0 aliphatic rings. The molecule has 0 fully saturated rings. The largest absolute Gasteiger partial charge is 0.461 e.